The molecule has 2 aromatic heterocycles. The Morgan fingerprint density at radius 1 is 1.30 bits per heavy atom. The van der Waals surface area contributed by atoms with E-state index in [1.807, 2.05) is 31.6 Å². The number of carbonyl (C=O) groups is 1. The molecule has 4 nitrogen and oxygen atoms in total. The minimum absolute atomic E-state index is 0.206. The van der Waals surface area contributed by atoms with Crippen LogP contribution >= 0.6 is 0 Å². The summed E-state index contributed by atoms with van der Waals surface area (Å²) in [6.07, 6.45) is 15.8. The molecule has 4 heteroatoms. The molecule has 2 N–H and O–H groups in total. The number of ketones is 1. The topological polar surface area (TPSA) is 57.8 Å². The van der Waals surface area contributed by atoms with Crippen LogP contribution in [-0.4, -0.2) is 21.8 Å². The monoisotopic (exact) mass is 361 g/mol. The van der Waals surface area contributed by atoms with Crippen molar-refractivity contribution in [2.75, 3.05) is 0 Å². The summed E-state index contributed by atoms with van der Waals surface area (Å²) in [6, 6.07) is 1.83. The van der Waals surface area contributed by atoms with E-state index in [9.17, 15) is 4.79 Å². The van der Waals surface area contributed by atoms with E-state index in [1.54, 1.807) is 0 Å². The van der Waals surface area contributed by atoms with Crippen LogP contribution in [0.2, 0.25) is 0 Å². The molecule has 0 fully saturated rings. The zero-order valence-electron chi connectivity index (χ0n) is 16.5. The first kappa shape index (κ1) is 18.9. The third-order valence-electron chi connectivity index (χ3n) is 4.99. The molecular formula is C23H27N3O. The quantitative estimate of drug-likeness (QED) is 0.712. The minimum atomic E-state index is -0.227. The van der Waals surface area contributed by atoms with Gasteiger partial charge in [-0.05, 0) is 54.7 Å². The first-order valence-corrected chi connectivity index (χ1v) is 9.54. The highest BCUT2D eigenvalue weighted by molar-refractivity contribution is 5.87. The van der Waals surface area contributed by atoms with E-state index >= 15 is 0 Å². The Hall–Kier alpha value is -2.88. The number of nitrogens with zero attached hydrogens (tertiary/aromatic N) is 1. The van der Waals surface area contributed by atoms with Gasteiger partial charge in [-0.3, -0.25) is 4.79 Å². The predicted octanol–water partition coefficient (Wildman–Crippen LogP) is 5.00. The average Bonchev–Trinajstić information content (AvgIpc) is 3.16. The summed E-state index contributed by atoms with van der Waals surface area (Å²) in [5, 5.41) is 4.39. The number of hydrogen-bond donors (Lipinski definition) is 2. The molecule has 2 aromatic rings. The molecule has 0 amide bonds. The second-order valence-electron chi connectivity index (χ2n) is 6.86. The number of aromatic amines is 1. The van der Waals surface area contributed by atoms with E-state index in [4.69, 9.17) is 0 Å². The van der Waals surface area contributed by atoms with Gasteiger partial charge in [-0.2, -0.15) is 0 Å². The number of rotatable bonds is 6. The fraction of sp³-hybridized carbons (Fsp3) is 0.304. The smallest absolute Gasteiger partial charge is 0.158 e. The summed E-state index contributed by atoms with van der Waals surface area (Å²) in [5.41, 5.74) is 6.53. The molecule has 1 aliphatic heterocycles. The van der Waals surface area contributed by atoms with Crippen molar-refractivity contribution in [3.8, 4) is 0 Å². The molecule has 3 rings (SSSR count). The third-order valence-corrected chi connectivity index (χ3v) is 4.99. The van der Waals surface area contributed by atoms with Gasteiger partial charge in [0.2, 0.25) is 0 Å². The maximum Gasteiger partial charge on any atom is 0.158 e. The van der Waals surface area contributed by atoms with Crippen LogP contribution in [0, 0.1) is 6.92 Å². The zero-order chi connectivity index (χ0) is 19.4. The molecule has 0 saturated heterocycles. The molecule has 1 unspecified atom stereocenters. The van der Waals surface area contributed by atoms with E-state index in [0.29, 0.717) is 6.42 Å². The molecule has 1 aliphatic rings. The summed E-state index contributed by atoms with van der Waals surface area (Å²) in [7, 11) is 0. The van der Waals surface area contributed by atoms with Gasteiger partial charge in [-0.15, -0.1) is 0 Å². The number of hydrogen-bond acceptors (Lipinski definition) is 3. The van der Waals surface area contributed by atoms with Crippen LogP contribution in [0.3, 0.4) is 0 Å². The maximum absolute atomic E-state index is 12.0. The Balaban J connectivity index is 2.01. The van der Waals surface area contributed by atoms with Gasteiger partial charge in [-0.1, -0.05) is 32.1 Å². The Bertz CT molecular complexity index is 973. The van der Waals surface area contributed by atoms with Crippen molar-refractivity contribution in [2.45, 2.75) is 46.6 Å². The standard InChI is InChI=1S/C23H27N3O/c1-5-7-8-17(20-14-25-21(11-15(20)3)22(27)6-2)12-18-13-26-23-19(16(18)4)9-10-24-23/h7-14,21,25H,5-6H2,1-4H3,(H,24,26)/b8-7+,17-12+. The number of fused-ring (bicyclic) bond motifs is 1. The molecule has 0 radical (unpaired) electrons. The van der Waals surface area contributed by atoms with Crippen LogP contribution in [0.25, 0.3) is 17.1 Å². The fourth-order valence-corrected chi connectivity index (χ4v) is 3.32. The molecule has 27 heavy (non-hydrogen) atoms. The molecule has 0 aromatic carbocycles. The first-order chi connectivity index (χ1) is 13.0. The van der Waals surface area contributed by atoms with Crippen LogP contribution < -0.4 is 5.32 Å². The highest BCUT2D eigenvalue weighted by Crippen LogP contribution is 2.28. The number of aromatic nitrogens is 2. The molecule has 3 heterocycles. The second kappa shape index (κ2) is 8.21. The molecule has 0 spiro atoms. The normalized spacial score (nSPS) is 17.8. The molecule has 1 atom stereocenters. The molecule has 0 aliphatic carbocycles. The number of allylic oxidation sites excluding steroid dienone is 5. The Morgan fingerprint density at radius 3 is 2.81 bits per heavy atom. The number of H-pyrrole nitrogens is 1. The van der Waals surface area contributed by atoms with Crippen LogP contribution in [0.5, 0.6) is 0 Å². The first-order valence-electron chi connectivity index (χ1n) is 9.54. The second-order valence-corrected chi connectivity index (χ2v) is 6.86. The van der Waals surface area contributed by atoms with Crippen molar-refractivity contribution >= 4 is 22.9 Å². The lowest BCUT2D eigenvalue weighted by molar-refractivity contribution is -0.119. The van der Waals surface area contributed by atoms with E-state index in [1.165, 1.54) is 5.56 Å². The van der Waals surface area contributed by atoms with Crippen LogP contribution in [0.15, 0.2) is 59.6 Å². The van der Waals surface area contributed by atoms with Crippen molar-refractivity contribution in [1.29, 1.82) is 0 Å². The van der Waals surface area contributed by atoms with Gasteiger partial charge in [0.1, 0.15) is 11.7 Å². The summed E-state index contributed by atoms with van der Waals surface area (Å²) < 4.78 is 0. The highest BCUT2D eigenvalue weighted by atomic mass is 16.1. The lowest BCUT2D eigenvalue weighted by Crippen LogP contribution is -2.33. The Labute approximate surface area is 160 Å². The summed E-state index contributed by atoms with van der Waals surface area (Å²) in [5.74, 6) is 0.206. The van der Waals surface area contributed by atoms with Crippen LogP contribution in [0.4, 0.5) is 0 Å². The van der Waals surface area contributed by atoms with Crippen LogP contribution in [-0.2, 0) is 4.79 Å². The lowest BCUT2D eigenvalue weighted by Gasteiger charge is -2.22. The molecule has 140 valence electrons. The molecular weight excluding hydrogens is 334 g/mol. The third kappa shape index (κ3) is 3.95. The average molecular weight is 361 g/mol. The summed E-state index contributed by atoms with van der Waals surface area (Å²) >= 11 is 0. The zero-order valence-corrected chi connectivity index (χ0v) is 16.5. The minimum Gasteiger partial charge on any atom is -0.378 e. The maximum atomic E-state index is 12.0. The van der Waals surface area contributed by atoms with E-state index in [2.05, 4.69) is 60.4 Å². The van der Waals surface area contributed by atoms with Gasteiger partial charge < -0.3 is 10.3 Å². The number of dihydropyridines is 1. The van der Waals surface area contributed by atoms with Gasteiger partial charge in [0, 0.05) is 36.0 Å². The van der Waals surface area contributed by atoms with E-state index < -0.39 is 0 Å². The highest BCUT2D eigenvalue weighted by Gasteiger charge is 2.19. The van der Waals surface area contributed by atoms with Crippen molar-refractivity contribution in [2.24, 2.45) is 0 Å². The van der Waals surface area contributed by atoms with Crippen molar-refractivity contribution in [3.05, 3.63) is 70.7 Å². The lowest BCUT2D eigenvalue weighted by atomic mass is 9.92. The van der Waals surface area contributed by atoms with Crippen LogP contribution in [0.1, 0.15) is 44.7 Å². The van der Waals surface area contributed by atoms with Crippen molar-refractivity contribution in [3.63, 3.8) is 0 Å². The summed E-state index contributed by atoms with van der Waals surface area (Å²) in [4.78, 5) is 19.7. The Morgan fingerprint density at radius 2 is 2.11 bits per heavy atom. The largest absolute Gasteiger partial charge is 0.378 e. The number of carbonyl (C=O) groups excluding carboxylic acids is 1. The van der Waals surface area contributed by atoms with Gasteiger partial charge in [0.05, 0.1) is 0 Å². The van der Waals surface area contributed by atoms with Gasteiger partial charge in [-0.25, -0.2) is 4.98 Å². The Kier molecular flexibility index (Phi) is 5.75. The van der Waals surface area contributed by atoms with Gasteiger partial charge in [0.15, 0.2) is 5.78 Å². The number of pyridine rings is 1. The molecule has 0 bridgehead atoms. The predicted molar refractivity (Wildman–Crippen MR) is 112 cm³/mol. The van der Waals surface area contributed by atoms with Crippen molar-refractivity contribution < 1.29 is 4.79 Å². The number of nitrogens with one attached hydrogen (secondary N) is 2. The van der Waals surface area contributed by atoms with Gasteiger partial charge >= 0.3 is 0 Å². The van der Waals surface area contributed by atoms with E-state index in [0.717, 1.165) is 39.7 Å². The SMILES string of the molecule is CC/C=C/C(=C\c1cnc2[nH]ccc2c1C)C1=CNC(C(=O)CC)C=C1C. The number of aryl methyl sites for hydroxylation is 1. The van der Waals surface area contributed by atoms with E-state index in [-0.39, 0.29) is 11.8 Å². The number of Topliss-reactive ketones (excluding diaryl/α,β-unsaturated/α-hetero) is 1. The van der Waals surface area contributed by atoms with Crippen molar-refractivity contribution in [1.82, 2.24) is 15.3 Å². The molecule has 0 saturated carbocycles. The fourth-order valence-electron chi connectivity index (χ4n) is 3.32. The van der Waals surface area contributed by atoms with Gasteiger partial charge in [0.25, 0.3) is 0 Å². The summed E-state index contributed by atoms with van der Waals surface area (Å²) in [6.45, 7) is 8.21.